The Morgan fingerprint density at radius 3 is 2.79 bits per heavy atom. The number of hydrogen-bond donors (Lipinski definition) is 1. The van der Waals surface area contributed by atoms with E-state index in [2.05, 4.69) is 0 Å². The summed E-state index contributed by atoms with van der Waals surface area (Å²) in [5, 5.41) is 20.2. The van der Waals surface area contributed by atoms with Crippen LogP contribution < -0.4 is 0 Å². The van der Waals surface area contributed by atoms with E-state index in [0.29, 0.717) is 30.7 Å². The van der Waals surface area contributed by atoms with Crippen molar-refractivity contribution in [1.82, 2.24) is 4.31 Å². The van der Waals surface area contributed by atoms with Gasteiger partial charge >= 0.3 is 0 Å². The van der Waals surface area contributed by atoms with Gasteiger partial charge in [0.05, 0.1) is 11.0 Å². The number of piperidine rings is 1. The number of nitrogens with zero attached hydrogens (tertiary/aromatic N) is 2. The number of hydrogen-bond acceptors (Lipinski definition) is 6. The number of sulfonamides is 1. The maximum Gasteiger partial charge on any atom is 0.300 e. The highest BCUT2D eigenvalue weighted by Crippen LogP contribution is 2.37. The third kappa shape index (κ3) is 2.90. The minimum atomic E-state index is -3.83. The van der Waals surface area contributed by atoms with E-state index in [0.717, 1.165) is 10.4 Å². The highest BCUT2D eigenvalue weighted by molar-refractivity contribution is 7.91. The van der Waals surface area contributed by atoms with E-state index in [1.54, 1.807) is 0 Å². The lowest BCUT2D eigenvalue weighted by molar-refractivity contribution is -0.384. The normalized spacial score (nSPS) is 21.5. The average molecular weight is 327 g/mol. The van der Waals surface area contributed by atoms with Gasteiger partial charge in [-0.3, -0.25) is 10.1 Å². The Balaban J connectivity index is 2.34. The summed E-state index contributed by atoms with van der Waals surface area (Å²) in [5.41, 5.74) is -0.414. The van der Waals surface area contributed by atoms with Crippen LogP contribution in [0.5, 0.6) is 0 Å². The van der Waals surface area contributed by atoms with Crippen molar-refractivity contribution in [2.24, 2.45) is 0 Å². The molecular formula is C9H11ClN2O5S2. The van der Waals surface area contributed by atoms with Gasteiger partial charge in [0.2, 0.25) is 0 Å². The predicted octanol–water partition coefficient (Wildman–Crippen LogP) is 1.46. The highest BCUT2D eigenvalue weighted by atomic mass is 35.5. The SMILES string of the molecule is O=[N+]([O-])c1cc(S(=O)(=O)N2CCCC(O)C2)sc1Cl. The van der Waals surface area contributed by atoms with Gasteiger partial charge in [-0.15, -0.1) is 11.3 Å². The zero-order valence-corrected chi connectivity index (χ0v) is 12.0. The van der Waals surface area contributed by atoms with Crippen LogP contribution in [0.25, 0.3) is 0 Å². The third-order valence-corrected chi connectivity index (χ3v) is 6.45. The molecule has 2 rings (SSSR count). The van der Waals surface area contributed by atoms with Gasteiger partial charge in [0.15, 0.2) is 4.34 Å². The zero-order chi connectivity index (χ0) is 14.2. The topological polar surface area (TPSA) is 101 Å². The van der Waals surface area contributed by atoms with Crippen molar-refractivity contribution in [3.8, 4) is 0 Å². The highest BCUT2D eigenvalue weighted by Gasteiger charge is 2.33. The van der Waals surface area contributed by atoms with Crippen molar-refractivity contribution < 1.29 is 18.4 Å². The summed E-state index contributed by atoms with van der Waals surface area (Å²) in [6, 6.07) is 0.962. The first-order valence-corrected chi connectivity index (χ1v) is 8.08. The molecule has 1 unspecified atom stereocenters. The minimum Gasteiger partial charge on any atom is -0.392 e. The lowest BCUT2D eigenvalue weighted by atomic mass is 10.1. The van der Waals surface area contributed by atoms with Crippen LogP contribution in [0, 0.1) is 10.1 Å². The first-order chi connectivity index (χ1) is 8.82. The molecule has 19 heavy (non-hydrogen) atoms. The van der Waals surface area contributed by atoms with Crippen molar-refractivity contribution in [2.75, 3.05) is 13.1 Å². The Labute approximate surface area is 118 Å². The van der Waals surface area contributed by atoms with Gasteiger partial charge in [-0.05, 0) is 12.8 Å². The smallest absolute Gasteiger partial charge is 0.300 e. The molecule has 1 atom stereocenters. The lowest BCUT2D eigenvalue weighted by Gasteiger charge is -2.28. The molecule has 0 aromatic carbocycles. The fourth-order valence-electron chi connectivity index (χ4n) is 1.86. The quantitative estimate of drug-likeness (QED) is 0.669. The van der Waals surface area contributed by atoms with E-state index in [4.69, 9.17) is 11.6 Å². The number of aliphatic hydroxyl groups excluding tert-OH is 1. The molecule has 1 aliphatic rings. The fourth-order valence-corrected chi connectivity index (χ4v) is 5.19. The Morgan fingerprint density at radius 2 is 2.26 bits per heavy atom. The van der Waals surface area contributed by atoms with Gasteiger partial charge in [-0.1, -0.05) is 11.6 Å². The maximum absolute atomic E-state index is 12.3. The molecule has 1 saturated heterocycles. The molecule has 0 amide bonds. The molecule has 1 fully saturated rings. The average Bonchev–Trinajstić information content (AvgIpc) is 2.72. The van der Waals surface area contributed by atoms with Crippen molar-refractivity contribution in [3.63, 3.8) is 0 Å². The fraction of sp³-hybridized carbons (Fsp3) is 0.556. The van der Waals surface area contributed by atoms with Crippen LogP contribution in [-0.2, 0) is 10.0 Å². The van der Waals surface area contributed by atoms with Crippen LogP contribution in [0.3, 0.4) is 0 Å². The molecule has 1 N–H and O–H groups in total. The largest absolute Gasteiger partial charge is 0.392 e. The van der Waals surface area contributed by atoms with Crippen molar-refractivity contribution in [1.29, 1.82) is 0 Å². The molecular weight excluding hydrogens is 316 g/mol. The van der Waals surface area contributed by atoms with Crippen LogP contribution in [0.1, 0.15) is 12.8 Å². The molecule has 106 valence electrons. The Morgan fingerprint density at radius 1 is 1.58 bits per heavy atom. The molecule has 0 bridgehead atoms. The van der Waals surface area contributed by atoms with Gasteiger partial charge in [0.25, 0.3) is 15.7 Å². The monoisotopic (exact) mass is 326 g/mol. The summed E-state index contributed by atoms with van der Waals surface area (Å²) in [7, 11) is -3.83. The summed E-state index contributed by atoms with van der Waals surface area (Å²) in [6.45, 7) is 0.300. The number of nitro groups is 1. The van der Waals surface area contributed by atoms with Crippen molar-refractivity contribution >= 4 is 38.6 Å². The maximum atomic E-state index is 12.3. The second kappa shape index (κ2) is 5.33. The molecule has 0 radical (unpaired) electrons. The number of thiophene rings is 1. The van der Waals surface area contributed by atoms with Crippen molar-refractivity contribution in [3.05, 3.63) is 20.5 Å². The van der Waals surface area contributed by atoms with Gasteiger partial charge < -0.3 is 5.11 Å². The zero-order valence-electron chi connectivity index (χ0n) is 9.65. The van der Waals surface area contributed by atoms with Crippen LogP contribution in [0.15, 0.2) is 10.3 Å². The summed E-state index contributed by atoms with van der Waals surface area (Å²) in [4.78, 5) is 9.95. The van der Waals surface area contributed by atoms with Crippen molar-refractivity contribution in [2.45, 2.75) is 23.2 Å². The lowest BCUT2D eigenvalue weighted by Crippen LogP contribution is -2.41. The van der Waals surface area contributed by atoms with Crippen LogP contribution >= 0.6 is 22.9 Å². The summed E-state index contributed by atoms with van der Waals surface area (Å²) in [5.74, 6) is 0. The summed E-state index contributed by atoms with van der Waals surface area (Å²) in [6.07, 6.45) is 0.410. The van der Waals surface area contributed by atoms with Crippen LogP contribution in [0.2, 0.25) is 4.34 Å². The molecule has 1 aliphatic heterocycles. The van der Waals surface area contributed by atoms with Gasteiger partial charge in [0.1, 0.15) is 4.21 Å². The minimum absolute atomic E-state index is 0.00561. The number of β-amino-alcohol motifs (C(OH)–C–C–N with tert-alkyl or cyclic N) is 1. The van der Waals surface area contributed by atoms with E-state index in [1.807, 2.05) is 0 Å². The van der Waals surface area contributed by atoms with Gasteiger partial charge in [-0.25, -0.2) is 8.42 Å². The third-order valence-electron chi connectivity index (χ3n) is 2.80. The van der Waals surface area contributed by atoms with Crippen LogP contribution in [-0.4, -0.2) is 41.9 Å². The molecule has 10 heteroatoms. The molecule has 1 aromatic rings. The number of halogens is 1. The van der Waals surface area contributed by atoms with E-state index >= 15 is 0 Å². The van der Waals surface area contributed by atoms with Crippen LogP contribution in [0.4, 0.5) is 5.69 Å². The van der Waals surface area contributed by atoms with E-state index in [1.165, 1.54) is 0 Å². The molecule has 2 heterocycles. The molecule has 1 aromatic heterocycles. The van der Waals surface area contributed by atoms with E-state index < -0.39 is 26.7 Å². The Hall–Kier alpha value is -0.740. The molecule has 0 aliphatic carbocycles. The number of rotatable bonds is 3. The molecule has 7 nitrogen and oxygen atoms in total. The Bertz CT molecular complexity index is 600. The van der Waals surface area contributed by atoms with E-state index in [9.17, 15) is 23.6 Å². The molecule has 0 saturated carbocycles. The predicted molar refractivity (Wildman–Crippen MR) is 70.0 cm³/mol. The first-order valence-electron chi connectivity index (χ1n) is 5.44. The summed E-state index contributed by atoms with van der Waals surface area (Å²) < 4.78 is 25.3. The van der Waals surface area contributed by atoms with Gasteiger partial charge in [-0.2, -0.15) is 4.31 Å². The molecule has 0 spiro atoms. The second-order valence-corrected chi connectivity index (χ2v) is 7.96. The second-order valence-electron chi connectivity index (χ2n) is 4.14. The Kier molecular flexibility index (Phi) is 4.11. The van der Waals surface area contributed by atoms with Gasteiger partial charge in [0, 0.05) is 19.2 Å². The number of aliphatic hydroxyl groups is 1. The summed E-state index contributed by atoms with van der Waals surface area (Å²) >= 11 is 6.32. The van der Waals surface area contributed by atoms with E-state index in [-0.39, 0.29) is 15.1 Å². The standard InChI is InChI=1S/C9H11ClN2O5S2/c10-9-7(12(14)15)4-8(18-9)19(16,17)11-3-1-2-6(13)5-11/h4,6,13H,1-3,5H2. The first kappa shape index (κ1) is 14.7.